The Balaban J connectivity index is 2.45. The molecule has 0 amide bonds. The van der Waals surface area contributed by atoms with Gasteiger partial charge in [-0.15, -0.1) is 0 Å². The van der Waals surface area contributed by atoms with Crippen molar-refractivity contribution in [2.45, 2.75) is 58.9 Å². The van der Waals surface area contributed by atoms with Crippen LogP contribution in [0.3, 0.4) is 0 Å². The van der Waals surface area contributed by atoms with Crippen LogP contribution in [0.4, 0.5) is 0 Å². The standard InChI is InChI=1S/C17H25Br2N/c1-4-17(8-6-7-9-17)16(20-5-2)13-11-14(18)12(3)10-15(13)19/h10-11,16,20H,4-9H2,1-3H3. The first-order valence-corrected chi connectivity index (χ1v) is 9.31. The van der Waals surface area contributed by atoms with Crippen molar-refractivity contribution in [1.29, 1.82) is 0 Å². The lowest BCUT2D eigenvalue weighted by molar-refractivity contribution is 0.188. The van der Waals surface area contributed by atoms with Gasteiger partial charge in [-0.25, -0.2) is 0 Å². The highest BCUT2D eigenvalue weighted by molar-refractivity contribution is 9.11. The Hall–Kier alpha value is 0.140. The molecule has 0 aromatic heterocycles. The van der Waals surface area contributed by atoms with Gasteiger partial charge >= 0.3 is 0 Å². The third-order valence-corrected chi connectivity index (χ3v) is 6.45. The Kier molecular flexibility index (Phi) is 5.72. The fraction of sp³-hybridized carbons (Fsp3) is 0.647. The molecule has 0 spiro atoms. The fourth-order valence-corrected chi connectivity index (χ4v) is 4.72. The zero-order chi connectivity index (χ0) is 14.8. The van der Waals surface area contributed by atoms with E-state index in [4.69, 9.17) is 0 Å². The van der Waals surface area contributed by atoms with Crippen molar-refractivity contribution in [1.82, 2.24) is 5.32 Å². The molecule has 2 rings (SSSR count). The van der Waals surface area contributed by atoms with Crippen LogP contribution in [0.25, 0.3) is 0 Å². The van der Waals surface area contributed by atoms with E-state index >= 15 is 0 Å². The molecule has 1 fully saturated rings. The second-order valence-electron chi connectivity index (χ2n) is 6.04. The van der Waals surface area contributed by atoms with Gasteiger partial charge in [0.25, 0.3) is 0 Å². The molecule has 0 heterocycles. The molecule has 0 bridgehead atoms. The maximum Gasteiger partial charge on any atom is 0.0388 e. The van der Waals surface area contributed by atoms with Crippen LogP contribution in [0, 0.1) is 12.3 Å². The van der Waals surface area contributed by atoms with Gasteiger partial charge in [-0.3, -0.25) is 0 Å². The Morgan fingerprint density at radius 3 is 2.35 bits per heavy atom. The number of aryl methyl sites for hydroxylation is 1. The van der Waals surface area contributed by atoms with E-state index in [0.29, 0.717) is 11.5 Å². The summed E-state index contributed by atoms with van der Waals surface area (Å²) in [5, 5.41) is 3.77. The van der Waals surface area contributed by atoms with Crippen LogP contribution in [0.15, 0.2) is 21.1 Å². The van der Waals surface area contributed by atoms with E-state index in [0.717, 1.165) is 6.54 Å². The van der Waals surface area contributed by atoms with E-state index in [1.54, 1.807) is 0 Å². The van der Waals surface area contributed by atoms with Gasteiger partial charge in [-0.1, -0.05) is 58.5 Å². The van der Waals surface area contributed by atoms with Gasteiger partial charge < -0.3 is 5.32 Å². The van der Waals surface area contributed by atoms with E-state index in [1.807, 2.05) is 0 Å². The minimum absolute atomic E-state index is 0.424. The highest BCUT2D eigenvalue weighted by Gasteiger charge is 2.40. The third kappa shape index (κ3) is 3.15. The van der Waals surface area contributed by atoms with Gasteiger partial charge in [0.15, 0.2) is 0 Å². The molecule has 0 saturated heterocycles. The lowest BCUT2D eigenvalue weighted by Crippen LogP contribution is -2.36. The first-order valence-electron chi connectivity index (χ1n) is 7.73. The number of hydrogen-bond acceptors (Lipinski definition) is 1. The van der Waals surface area contributed by atoms with E-state index in [9.17, 15) is 0 Å². The normalized spacial score (nSPS) is 19.2. The maximum absolute atomic E-state index is 3.79. The van der Waals surface area contributed by atoms with Crippen LogP contribution < -0.4 is 5.32 Å². The zero-order valence-electron chi connectivity index (χ0n) is 12.7. The van der Waals surface area contributed by atoms with Gasteiger partial charge in [0.1, 0.15) is 0 Å². The second-order valence-corrected chi connectivity index (χ2v) is 7.75. The largest absolute Gasteiger partial charge is 0.310 e. The van der Waals surface area contributed by atoms with Gasteiger partial charge in [0.05, 0.1) is 0 Å². The summed E-state index contributed by atoms with van der Waals surface area (Å²) in [6.45, 7) is 7.73. The van der Waals surface area contributed by atoms with E-state index in [2.05, 4.69) is 70.1 Å². The monoisotopic (exact) mass is 401 g/mol. The van der Waals surface area contributed by atoms with Crippen molar-refractivity contribution < 1.29 is 0 Å². The van der Waals surface area contributed by atoms with E-state index in [1.165, 1.54) is 52.2 Å². The minimum atomic E-state index is 0.424. The fourth-order valence-electron chi connectivity index (χ4n) is 3.67. The molecule has 1 aliphatic carbocycles. The molecule has 1 nitrogen and oxygen atoms in total. The Labute approximate surface area is 140 Å². The summed E-state index contributed by atoms with van der Waals surface area (Å²) in [6, 6.07) is 5.00. The lowest BCUT2D eigenvalue weighted by Gasteiger charge is -2.38. The summed E-state index contributed by atoms with van der Waals surface area (Å²) in [7, 11) is 0. The molecule has 20 heavy (non-hydrogen) atoms. The van der Waals surface area contributed by atoms with Crippen molar-refractivity contribution in [3.8, 4) is 0 Å². The molecule has 0 aliphatic heterocycles. The van der Waals surface area contributed by atoms with Crippen LogP contribution in [0.5, 0.6) is 0 Å². The molecule has 1 saturated carbocycles. The number of nitrogens with one attached hydrogen (secondary N) is 1. The average Bonchev–Trinajstić information content (AvgIpc) is 2.90. The Bertz CT molecular complexity index is 464. The molecule has 1 atom stereocenters. The Morgan fingerprint density at radius 2 is 1.80 bits per heavy atom. The first kappa shape index (κ1) is 16.5. The maximum atomic E-state index is 3.79. The van der Waals surface area contributed by atoms with Gasteiger partial charge in [0.2, 0.25) is 0 Å². The topological polar surface area (TPSA) is 12.0 Å². The van der Waals surface area contributed by atoms with E-state index in [-0.39, 0.29) is 0 Å². The first-order chi connectivity index (χ1) is 9.54. The van der Waals surface area contributed by atoms with Gasteiger partial charge in [0, 0.05) is 15.0 Å². The summed E-state index contributed by atoms with van der Waals surface area (Å²) in [5.74, 6) is 0. The summed E-state index contributed by atoms with van der Waals surface area (Å²) < 4.78 is 2.45. The van der Waals surface area contributed by atoms with Crippen molar-refractivity contribution >= 4 is 31.9 Å². The van der Waals surface area contributed by atoms with E-state index < -0.39 is 0 Å². The van der Waals surface area contributed by atoms with Crippen molar-refractivity contribution in [2.75, 3.05) is 6.54 Å². The summed E-state index contributed by atoms with van der Waals surface area (Å²) in [4.78, 5) is 0. The molecule has 0 radical (unpaired) electrons. The summed E-state index contributed by atoms with van der Waals surface area (Å²) >= 11 is 7.49. The third-order valence-electron chi connectivity index (χ3n) is 4.91. The highest BCUT2D eigenvalue weighted by Crippen LogP contribution is 2.51. The van der Waals surface area contributed by atoms with Crippen molar-refractivity contribution in [3.63, 3.8) is 0 Å². The Morgan fingerprint density at radius 1 is 1.15 bits per heavy atom. The van der Waals surface area contributed by atoms with Crippen LogP contribution in [-0.4, -0.2) is 6.54 Å². The number of rotatable bonds is 5. The predicted molar refractivity (Wildman–Crippen MR) is 94.2 cm³/mol. The number of hydrogen-bond donors (Lipinski definition) is 1. The van der Waals surface area contributed by atoms with Crippen LogP contribution >= 0.6 is 31.9 Å². The molecule has 1 aromatic rings. The molecule has 1 unspecified atom stereocenters. The second kappa shape index (κ2) is 6.93. The highest BCUT2D eigenvalue weighted by atomic mass is 79.9. The minimum Gasteiger partial charge on any atom is -0.310 e. The van der Waals surface area contributed by atoms with Gasteiger partial charge in [-0.05, 0) is 61.4 Å². The molecule has 112 valence electrons. The quantitative estimate of drug-likeness (QED) is 0.623. The lowest BCUT2D eigenvalue weighted by atomic mass is 9.73. The van der Waals surface area contributed by atoms with Crippen molar-refractivity contribution in [2.24, 2.45) is 5.41 Å². The zero-order valence-corrected chi connectivity index (χ0v) is 15.9. The molecule has 3 heteroatoms. The predicted octanol–water partition coefficient (Wildman–Crippen LogP) is 6.14. The van der Waals surface area contributed by atoms with Crippen molar-refractivity contribution in [3.05, 3.63) is 32.2 Å². The molecular formula is C17H25Br2N. The van der Waals surface area contributed by atoms with Crippen LogP contribution in [0.1, 0.15) is 63.1 Å². The summed E-state index contributed by atoms with van der Waals surface area (Å²) in [5.41, 5.74) is 3.12. The number of halogens is 2. The smallest absolute Gasteiger partial charge is 0.0388 e. The molecule has 1 aromatic carbocycles. The SMILES string of the molecule is CCNC(c1cc(Br)c(C)cc1Br)C1(CC)CCCC1. The van der Waals surface area contributed by atoms with Gasteiger partial charge in [-0.2, -0.15) is 0 Å². The van der Waals surface area contributed by atoms with Crippen LogP contribution in [0.2, 0.25) is 0 Å². The molecule has 1 N–H and O–H groups in total. The average molecular weight is 403 g/mol. The number of benzene rings is 1. The molecule has 1 aliphatic rings. The molecular weight excluding hydrogens is 378 g/mol. The summed E-state index contributed by atoms with van der Waals surface area (Å²) in [6.07, 6.45) is 6.70. The van der Waals surface area contributed by atoms with Crippen LogP contribution in [-0.2, 0) is 0 Å².